The Morgan fingerprint density at radius 1 is 1.35 bits per heavy atom. The molecular formula is C19H25NO3. The Hall–Kier alpha value is -1.18. The smallest absolute Gasteiger partial charge is 0.160 e. The van der Waals surface area contributed by atoms with Crippen LogP contribution in [-0.4, -0.2) is 24.8 Å². The molecule has 0 unspecified atom stereocenters. The number of ether oxygens (including phenoxy) is 2. The molecule has 0 N–H and O–H groups in total. The van der Waals surface area contributed by atoms with E-state index in [1.54, 1.807) is 6.08 Å². The van der Waals surface area contributed by atoms with Crippen molar-refractivity contribution in [3.63, 3.8) is 0 Å². The molecule has 4 aliphatic rings. The molecular weight excluding hydrogens is 290 g/mol. The van der Waals surface area contributed by atoms with Crippen LogP contribution in [0.3, 0.4) is 0 Å². The molecule has 0 amide bonds. The van der Waals surface area contributed by atoms with Gasteiger partial charge in [0, 0.05) is 17.8 Å². The predicted octanol–water partition coefficient (Wildman–Crippen LogP) is 3.37. The predicted molar refractivity (Wildman–Crippen MR) is 84.2 cm³/mol. The van der Waals surface area contributed by atoms with E-state index in [4.69, 9.17) is 9.47 Å². The van der Waals surface area contributed by atoms with E-state index in [1.165, 1.54) is 0 Å². The number of fused-ring (bicyclic) bond motifs is 2. The average Bonchev–Trinajstić information content (AvgIpc) is 3.14. The highest BCUT2D eigenvalue weighted by Crippen LogP contribution is 2.61. The van der Waals surface area contributed by atoms with Crippen molar-refractivity contribution in [2.24, 2.45) is 22.7 Å². The summed E-state index contributed by atoms with van der Waals surface area (Å²) in [5.41, 5.74) is 0.349. The number of carbonyl (C=O) groups excluding carboxylic acids is 1. The molecule has 1 saturated carbocycles. The summed E-state index contributed by atoms with van der Waals surface area (Å²) in [4.78, 5) is 12.1. The fourth-order valence-electron chi connectivity index (χ4n) is 5.33. The Morgan fingerprint density at radius 3 is 2.91 bits per heavy atom. The van der Waals surface area contributed by atoms with E-state index in [0.29, 0.717) is 24.7 Å². The fraction of sp³-hybridized carbons (Fsp3) is 0.789. The maximum Gasteiger partial charge on any atom is 0.160 e. The maximum absolute atomic E-state index is 12.1. The Morgan fingerprint density at radius 2 is 2.17 bits per heavy atom. The quantitative estimate of drug-likeness (QED) is 0.744. The van der Waals surface area contributed by atoms with E-state index >= 15 is 0 Å². The van der Waals surface area contributed by atoms with Crippen LogP contribution >= 0.6 is 0 Å². The number of allylic oxidation sites excluding steroid dienone is 1. The number of carbonyl (C=O) groups is 1. The van der Waals surface area contributed by atoms with Crippen molar-refractivity contribution in [1.82, 2.24) is 0 Å². The number of nitriles is 1. The molecule has 0 radical (unpaired) electrons. The van der Waals surface area contributed by atoms with E-state index < -0.39 is 5.41 Å². The SMILES string of the molecule is C[C@@H]1CC[C@@]2(C#N)CCC(=O)C=C2[C@@]1(C)[C@H]1C[C@@H]2CCO[C@@H]2O1. The van der Waals surface area contributed by atoms with Crippen molar-refractivity contribution in [2.75, 3.05) is 6.61 Å². The van der Waals surface area contributed by atoms with Crippen LogP contribution in [0.2, 0.25) is 0 Å². The summed E-state index contributed by atoms with van der Waals surface area (Å²) < 4.78 is 12.0. The largest absolute Gasteiger partial charge is 0.352 e. The van der Waals surface area contributed by atoms with Gasteiger partial charge in [-0.1, -0.05) is 13.8 Å². The number of rotatable bonds is 1. The van der Waals surface area contributed by atoms with Crippen molar-refractivity contribution in [3.05, 3.63) is 11.6 Å². The van der Waals surface area contributed by atoms with Crippen LogP contribution in [-0.2, 0) is 14.3 Å². The molecule has 0 aromatic heterocycles. The summed E-state index contributed by atoms with van der Waals surface area (Å²) in [5, 5.41) is 9.92. The summed E-state index contributed by atoms with van der Waals surface area (Å²) in [6, 6.07) is 2.58. The summed E-state index contributed by atoms with van der Waals surface area (Å²) in [6.45, 7) is 5.26. The molecule has 0 aromatic carbocycles. The van der Waals surface area contributed by atoms with Gasteiger partial charge in [0.15, 0.2) is 12.1 Å². The molecule has 124 valence electrons. The Balaban J connectivity index is 1.75. The molecule has 0 bridgehead atoms. The van der Waals surface area contributed by atoms with E-state index in [2.05, 4.69) is 19.9 Å². The summed E-state index contributed by atoms with van der Waals surface area (Å²) in [6.07, 6.45) is 6.88. The summed E-state index contributed by atoms with van der Waals surface area (Å²) >= 11 is 0. The van der Waals surface area contributed by atoms with Crippen LogP contribution in [0.4, 0.5) is 0 Å². The highest BCUT2D eigenvalue weighted by atomic mass is 16.7. The second kappa shape index (κ2) is 5.16. The molecule has 6 atom stereocenters. The second-order valence-electron chi connectivity index (χ2n) is 8.09. The maximum atomic E-state index is 12.1. The van der Waals surface area contributed by atoms with Gasteiger partial charge in [-0.3, -0.25) is 4.79 Å². The first kappa shape index (κ1) is 15.4. The molecule has 2 heterocycles. The van der Waals surface area contributed by atoms with Gasteiger partial charge < -0.3 is 9.47 Å². The molecule has 4 rings (SSSR count). The van der Waals surface area contributed by atoms with Crippen LogP contribution in [0, 0.1) is 34.0 Å². The van der Waals surface area contributed by atoms with E-state index in [1.807, 2.05) is 0 Å². The lowest BCUT2D eigenvalue weighted by molar-refractivity contribution is -0.151. The third-order valence-corrected chi connectivity index (χ3v) is 7.08. The molecule has 2 aliphatic heterocycles. The molecule has 2 aliphatic carbocycles. The van der Waals surface area contributed by atoms with Gasteiger partial charge in [0.05, 0.1) is 24.2 Å². The second-order valence-corrected chi connectivity index (χ2v) is 8.09. The van der Waals surface area contributed by atoms with Crippen molar-refractivity contribution >= 4 is 5.78 Å². The standard InChI is InChI=1S/C19H25NO3/c1-12-3-6-19(11-20)7-4-14(21)10-15(19)18(12,2)16-9-13-5-8-22-17(13)23-16/h10,12-13,16-17H,3-9H2,1-2H3/t12-,13+,16-,17-,18+,19+/m1/s1. The van der Waals surface area contributed by atoms with Crippen molar-refractivity contribution < 1.29 is 14.3 Å². The topological polar surface area (TPSA) is 59.3 Å². The summed E-state index contributed by atoms with van der Waals surface area (Å²) in [5.74, 6) is 1.05. The van der Waals surface area contributed by atoms with E-state index in [-0.39, 0.29) is 23.6 Å². The monoisotopic (exact) mass is 315 g/mol. The van der Waals surface area contributed by atoms with E-state index in [9.17, 15) is 10.1 Å². The van der Waals surface area contributed by atoms with Crippen molar-refractivity contribution in [1.29, 1.82) is 5.26 Å². The van der Waals surface area contributed by atoms with Crippen LogP contribution in [0.5, 0.6) is 0 Å². The highest BCUT2D eigenvalue weighted by molar-refractivity contribution is 5.92. The van der Waals surface area contributed by atoms with Crippen LogP contribution in [0.15, 0.2) is 11.6 Å². The zero-order chi connectivity index (χ0) is 16.2. The van der Waals surface area contributed by atoms with Gasteiger partial charge in [-0.25, -0.2) is 0 Å². The van der Waals surface area contributed by atoms with Gasteiger partial charge in [-0.2, -0.15) is 5.26 Å². The van der Waals surface area contributed by atoms with Crippen LogP contribution in [0.25, 0.3) is 0 Å². The Kier molecular flexibility index (Phi) is 3.44. The lowest BCUT2D eigenvalue weighted by Gasteiger charge is -2.53. The Bertz CT molecular complexity index is 594. The minimum absolute atomic E-state index is 0.0537. The van der Waals surface area contributed by atoms with Gasteiger partial charge in [-0.05, 0) is 49.7 Å². The molecule has 0 aromatic rings. The lowest BCUT2D eigenvalue weighted by atomic mass is 9.50. The van der Waals surface area contributed by atoms with Gasteiger partial charge in [0.2, 0.25) is 0 Å². The number of nitrogens with zero attached hydrogens (tertiary/aromatic N) is 1. The molecule has 4 nitrogen and oxygen atoms in total. The number of ketones is 1. The summed E-state index contributed by atoms with van der Waals surface area (Å²) in [7, 11) is 0. The normalized spacial score (nSPS) is 49.3. The minimum atomic E-state index is -0.461. The third kappa shape index (κ3) is 2.06. The lowest BCUT2D eigenvalue weighted by Crippen LogP contribution is -2.50. The number of hydrogen-bond acceptors (Lipinski definition) is 4. The molecule has 2 saturated heterocycles. The fourth-order valence-corrected chi connectivity index (χ4v) is 5.33. The molecule has 3 fully saturated rings. The van der Waals surface area contributed by atoms with Crippen LogP contribution < -0.4 is 0 Å². The molecule has 0 spiro atoms. The molecule has 23 heavy (non-hydrogen) atoms. The first-order valence-electron chi connectivity index (χ1n) is 8.93. The zero-order valence-electron chi connectivity index (χ0n) is 14.0. The molecule has 4 heteroatoms. The first-order chi connectivity index (χ1) is 11.0. The van der Waals surface area contributed by atoms with Crippen molar-refractivity contribution in [3.8, 4) is 6.07 Å². The average molecular weight is 315 g/mol. The van der Waals surface area contributed by atoms with Gasteiger partial charge in [-0.15, -0.1) is 0 Å². The minimum Gasteiger partial charge on any atom is -0.352 e. The van der Waals surface area contributed by atoms with E-state index in [0.717, 1.165) is 37.9 Å². The van der Waals surface area contributed by atoms with Crippen LogP contribution in [0.1, 0.15) is 52.4 Å². The first-order valence-corrected chi connectivity index (χ1v) is 8.93. The van der Waals surface area contributed by atoms with Gasteiger partial charge >= 0.3 is 0 Å². The third-order valence-electron chi connectivity index (χ3n) is 7.08. The Labute approximate surface area is 137 Å². The van der Waals surface area contributed by atoms with Gasteiger partial charge in [0.25, 0.3) is 0 Å². The van der Waals surface area contributed by atoms with Gasteiger partial charge in [0.1, 0.15) is 0 Å². The number of hydrogen-bond donors (Lipinski definition) is 0. The highest BCUT2D eigenvalue weighted by Gasteiger charge is 2.58. The van der Waals surface area contributed by atoms with Crippen molar-refractivity contribution in [2.45, 2.75) is 64.8 Å². The zero-order valence-corrected chi connectivity index (χ0v) is 14.0.